The molecule has 1 aliphatic heterocycles. The number of carbonyl (C=O) groups excluding carboxylic acids is 2. The maximum absolute atomic E-state index is 14.6. The molecule has 2 aliphatic rings. The highest BCUT2D eigenvalue weighted by molar-refractivity contribution is 7.89. The van der Waals surface area contributed by atoms with Crippen LogP contribution in [0.5, 0.6) is 0 Å². The van der Waals surface area contributed by atoms with Gasteiger partial charge in [-0.05, 0) is 42.0 Å². The van der Waals surface area contributed by atoms with Crippen LogP contribution in [0.15, 0.2) is 126 Å². The Bertz CT molecular complexity index is 1610. The molecule has 6 nitrogen and oxygen atoms in total. The van der Waals surface area contributed by atoms with Gasteiger partial charge in [0.1, 0.15) is 6.04 Å². The number of hydrogen-bond donors (Lipinski definition) is 1. The van der Waals surface area contributed by atoms with Crippen molar-refractivity contribution in [3.63, 3.8) is 0 Å². The van der Waals surface area contributed by atoms with E-state index in [1.807, 2.05) is 66.7 Å². The minimum absolute atomic E-state index is 0.0838. The van der Waals surface area contributed by atoms with Gasteiger partial charge in [0.2, 0.25) is 15.9 Å². The van der Waals surface area contributed by atoms with Gasteiger partial charge in [-0.25, -0.2) is 8.42 Å². The van der Waals surface area contributed by atoms with Gasteiger partial charge in [0.15, 0.2) is 5.78 Å². The monoisotopic (exact) mass is 564 g/mol. The SMILES string of the molecule is O=C(c1ccccc1)C1C(c2ccccc2)C(C(=O)NCC2CC2)N(S(=O)(=O)c2ccccc2)C1c1ccccc1. The summed E-state index contributed by atoms with van der Waals surface area (Å²) in [6.45, 7) is 0.489. The Hall–Kier alpha value is -4.07. The largest absolute Gasteiger partial charge is 0.354 e. The standard InChI is InChI=1S/C34H32N2O4S/c37-33(27-17-9-3-10-18-27)30-29(25-13-5-1-6-14-25)32(34(38)35-23-24-21-22-24)36(31(30)26-15-7-2-8-16-26)41(39,40)28-19-11-4-12-20-28/h1-20,24,29-32H,21-23H2,(H,35,38). The molecule has 4 aromatic rings. The lowest BCUT2D eigenvalue weighted by atomic mass is 9.76. The molecule has 1 aliphatic carbocycles. The maximum Gasteiger partial charge on any atom is 0.244 e. The van der Waals surface area contributed by atoms with Crippen LogP contribution in [-0.2, 0) is 14.8 Å². The van der Waals surface area contributed by atoms with Crippen LogP contribution in [0.25, 0.3) is 0 Å². The van der Waals surface area contributed by atoms with Crippen molar-refractivity contribution < 1.29 is 18.0 Å². The Labute approximate surface area is 241 Å². The summed E-state index contributed by atoms with van der Waals surface area (Å²) in [4.78, 5) is 28.8. The number of Topliss-reactive ketones (excluding diaryl/α,β-unsaturated/α-hetero) is 1. The van der Waals surface area contributed by atoms with Crippen LogP contribution in [0.3, 0.4) is 0 Å². The second-order valence-corrected chi connectivity index (χ2v) is 12.7. The first kappa shape index (κ1) is 27.1. The molecular formula is C34H32N2O4S. The molecule has 41 heavy (non-hydrogen) atoms. The van der Waals surface area contributed by atoms with Crippen molar-refractivity contribution in [2.24, 2.45) is 11.8 Å². The number of nitrogens with one attached hydrogen (secondary N) is 1. The van der Waals surface area contributed by atoms with Gasteiger partial charge in [-0.2, -0.15) is 4.31 Å². The van der Waals surface area contributed by atoms with Crippen molar-refractivity contribution in [2.75, 3.05) is 6.54 Å². The van der Waals surface area contributed by atoms with Crippen molar-refractivity contribution in [1.29, 1.82) is 0 Å². The third-order valence-corrected chi connectivity index (χ3v) is 10.0. The fourth-order valence-corrected chi connectivity index (χ4v) is 7.84. The molecule has 1 saturated carbocycles. The lowest BCUT2D eigenvalue weighted by Crippen LogP contribution is -2.49. The highest BCUT2D eigenvalue weighted by Crippen LogP contribution is 2.53. The Morgan fingerprint density at radius 3 is 1.78 bits per heavy atom. The van der Waals surface area contributed by atoms with Gasteiger partial charge in [-0.15, -0.1) is 0 Å². The number of amides is 1. The van der Waals surface area contributed by atoms with Gasteiger partial charge in [0.25, 0.3) is 0 Å². The molecule has 1 heterocycles. The summed E-state index contributed by atoms with van der Waals surface area (Å²) >= 11 is 0. The van der Waals surface area contributed by atoms with Gasteiger partial charge in [0, 0.05) is 18.0 Å². The molecular weight excluding hydrogens is 532 g/mol. The first-order valence-corrected chi connectivity index (χ1v) is 15.5. The van der Waals surface area contributed by atoms with E-state index in [2.05, 4.69) is 5.32 Å². The first-order chi connectivity index (χ1) is 20.0. The second kappa shape index (κ2) is 11.4. The number of rotatable bonds is 9. The first-order valence-electron chi connectivity index (χ1n) is 14.0. The summed E-state index contributed by atoms with van der Waals surface area (Å²) in [7, 11) is -4.22. The van der Waals surface area contributed by atoms with Crippen LogP contribution in [0.4, 0.5) is 0 Å². The lowest BCUT2D eigenvalue weighted by Gasteiger charge is -2.30. The number of nitrogens with zero attached hydrogens (tertiary/aromatic N) is 1. The Balaban J connectivity index is 1.60. The minimum Gasteiger partial charge on any atom is -0.354 e. The number of hydrogen-bond acceptors (Lipinski definition) is 4. The lowest BCUT2D eigenvalue weighted by molar-refractivity contribution is -0.124. The summed E-state index contributed by atoms with van der Waals surface area (Å²) in [5.41, 5.74) is 1.90. The van der Waals surface area contributed by atoms with E-state index in [1.54, 1.807) is 54.6 Å². The third-order valence-electron chi connectivity index (χ3n) is 8.15. The number of benzene rings is 4. The molecule has 4 atom stereocenters. The molecule has 0 aromatic heterocycles. The fourth-order valence-electron chi connectivity index (χ4n) is 6.02. The highest BCUT2D eigenvalue weighted by atomic mass is 32.2. The molecule has 6 rings (SSSR count). The van der Waals surface area contributed by atoms with Gasteiger partial charge in [-0.3, -0.25) is 9.59 Å². The number of sulfonamides is 1. The molecule has 1 saturated heterocycles. The van der Waals surface area contributed by atoms with Gasteiger partial charge in [-0.1, -0.05) is 109 Å². The zero-order chi connectivity index (χ0) is 28.4. The zero-order valence-corrected chi connectivity index (χ0v) is 23.4. The van der Waals surface area contributed by atoms with E-state index in [-0.39, 0.29) is 16.6 Å². The predicted molar refractivity (Wildman–Crippen MR) is 158 cm³/mol. The Kier molecular flexibility index (Phi) is 7.56. The smallest absolute Gasteiger partial charge is 0.244 e. The summed E-state index contributed by atoms with van der Waals surface area (Å²) in [6.07, 6.45) is 2.09. The normalized spacial score (nSPS) is 22.7. The number of ketones is 1. The second-order valence-electron chi connectivity index (χ2n) is 10.8. The topological polar surface area (TPSA) is 83.6 Å². The van der Waals surface area contributed by atoms with Crippen LogP contribution < -0.4 is 5.32 Å². The van der Waals surface area contributed by atoms with Gasteiger partial charge in [0.05, 0.1) is 16.9 Å². The third kappa shape index (κ3) is 5.35. The van der Waals surface area contributed by atoms with E-state index in [0.717, 1.165) is 18.4 Å². The van der Waals surface area contributed by atoms with E-state index in [9.17, 15) is 18.0 Å². The van der Waals surface area contributed by atoms with Crippen LogP contribution >= 0.6 is 0 Å². The van der Waals surface area contributed by atoms with Crippen molar-refractivity contribution in [1.82, 2.24) is 9.62 Å². The van der Waals surface area contributed by atoms with E-state index in [1.165, 1.54) is 4.31 Å². The summed E-state index contributed by atoms with van der Waals surface area (Å²) < 4.78 is 30.5. The molecule has 0 spiro atoms. The highest BCUT2D eigenvalue weighted by Gasteiger charge is 2.59. The summed E-state index contributed by atoms with van der Waals surface area (Å²) in [5, 5.41) is 3.05. The van der Waals surface area contributed by atoms with Gasteiger partial charge >= 0.3 is 0 Å². The fraction of sp³-hybridized carbons (Fsp3) is 0.235. The molecule has 2 fully saturated rings. The predicted octanol–water partition coefficient (Wildman–Crippen LogP) is 5.61. The molecule has 0 radical (unpaired) electrons. The Morgan fingerprint density at radius 1 is 0.707 bits per heavy atom. The van der Waals surface area contributed by atoms with Crippen LogP contribution in [0, 0.1) is 11.8 Å². The van der Waals surface area contributed by atoms with Crippen LogP contribution in [-0.4, -0.2) is 37.0 Å². The van der Waals surface area contributed by atoms with E-state index < -0.39 is 33.9 Å². The molecule has 1 amide bonds. The molecule has 0 bridgehead atoms. The van der Waals surface area contributed by atoms with Crippen LogP contribution in [0.1, 0.15) is 46.3 Å². The number of carbonyl (C=O) groups is 2. The van der Waals surface area contributed by atoms with E-state index in [4.69, 9.17) is 0 Å². The Morgan fingerprint density at radius 2 is 1.22 bits per heavy atom. The molecule has 4 aromatic carbocycles. The molecule has 1 N–H and O–H groups in total. The minimum atomic E-state index is -4.22. The van der Waals surface area contributed by atoms with Crippen molar-refractivity contribution in [3.05, 3.63) is 138 Å². The molecule has 4 unspecified atom stereocenters. The van der Waals surface area contributed by atoms with Gasteiger partial charge < -0.3 is 5.32 Å². The summed E-state index contributed by atoms with van der Waals surface area (Å²) in [6, 6.07) is 33.7. The average Bonchev–Trinajstić information content (AvgIpc) is 3.79. The summed E-state index contributed by atoms with van der Waals surface area (Å²) in [5.74, 6) is -1.74. The maximum atomic E-state index is 14.6. The van der Waals surface area contributed by atoms with E-state index in [0.29, 0.717) is 23.6 Å². The van der Waals surface area contributed by atoms with Crippen molar-refractivity contribution in [3.8, 4) is 0 Å². The average molecular weight is 565 g/mol. The molecule has 208 valence electrons. The van der Waals surface area contributed by atoms with Crippen molar-refractivity contribution >= 4 is 21.7 Å². The molecule has 7 heteroatoms. The van der Waals surface area contributed by atoms with Crippen LogP contribution in [0.2, 0.25) is 0 Å². The van der Waals surface area contributed by atoms with Crippen molar-refractivity contribution in [2.45, 2.75) is 35.7 Å². The zero-order valence-electron chi connectivity index (χ0n) is 22.5. The quantitative estimate of drug-likeness (QED) is 0.268. The van der Waals surface area contributed by atoms with E-state index >= 15 is 0 Å².